The monoisotopic (exact) mass is 231 g/mol. The number of piperidine rings is 1. The van der Waals surface area contributed by atoms with Gasteiger partial charge in [-0.1, -0.05) is 0 Å². The lowest BCUT2D eigenvalue weighted by atomic mass is 10.1. The fourth-order valence-corrected chi connectivity index (χ4v) is 1.94. The van der Waals surface area contributed by atoms with Gasteiger partial charge in [-0.15, -0.1) is 0 Å². The van der Waals surface area contributed by atoms with E-state index in [0.717, 1.165) is 32.5 Å². The Bertz CT molecular complexity index is 213. The number of hydrogen-bond donors (Lipinski definition) is 3. The molecule has 1 rings (SSSR count). The molecule has 0 aromatic rings. The zero-order valence-corrected chi connectivity index (χ0v) is 9.52. The van der Waals surface area contributed by atoms with E-state index in [4.69, 9.17) is 15.6 Å². The van der Waals surface area contributed by atoms with Crippen molar-refractivity contribution in [1.82, 2.24) is 10.2 Å². The minimum atomic E-state index is -0.455. The molecule has 16 heavy (non-hydrogen) atoms. The van der Waals surface area contributed by atoms with E-state index in [1.807, 2.05) is 0 Å². The first-order valence-corrected chi connectivity index (χ1v) is 5.69. The number of carbonyl (C=O) groups is 1. The molecule has 0 aromatic heterocycles. The van der Waals surface area contributed by atoms with Gasteiger partial charge in [0, 0.05) is 19.1 Å². The van der Waals surface area contributed by atoms with Crippen LogP contribution in [0.4, 0.5) is 4.79 Å². The van der Waals surface area contributed by atoms with Gasteiger partial charge in [0.2, 0.25) is 0 Å². The van der Waals surface area contributed by atoms with Gasteiger partial charge in [0.05, 0.1) is 19.8 Å². The fourth-order valence-electron chi connectivity index (χ4n) is 1.94. The molecule has 4 N–H and O–H groups in total. The van der Waals surface area contributed by atoms with Crippen LogP contribution in [-0.2, 0) is 4.74 Å². The SMILES string of the molecule is NC(=O)NC1CCCN(CCOCCO)C1. The molecular formula is C10H21N3O3. The minimum Gasteiger partial charge on any atom is -0.394 e. The van der Waals surface area contributed by atoms with Gasteiger partial charge in [-0.3, -0.25) is 4.90 Å². The number of nitrogens with one attached hydrogen (secondary N) is 1. The molecule has 1 unspecified atom stereocenters. The number of aliphatic hydroxyl groups is 1. The maximum atomic E-state index is 10.7. The third-order valence-corrected chi connectivity index (χ3v) is 2.64. The molecule has 0 saturated carbocycles. The molecule has 2 amide bonds. The molecule has 6 heteroatoms. The Labute approximate surface area is 95.7 Å². The van der Waals surface area contributed by atoms with Crippen LogP contribution in [0.15, 0.2) is 0 Å². The number of urea groups is 1. The lowest BCUT2D eigenvalue weighted by molar-refractivity contribution is 0.0662. The molecule has 6 nitrogen and oxygen atoms in total. The van der Waals surface area contributed by atoms with Gasteiger partial charge in [-0.25, -0.2) is 4.79 Å². The van der Waals surface area contributed by atoms with E-state index in [2.05, 4.69) is 10.2 Å². The van der Waals surface area contributed by atoms with Crippen LogP contribution in [0.2, 0.25) is 0 Å². The summed E-state index contributed by atoms with van der Waals surface area (Å²) >= 11 is 0. The highest BCUT2D eigenvalue weighted by Crippen LogP contribution is 2.09. The first-order chi connectivity index (χ1) is 7.72. The van der Waals surface area contributed by atoms with Gasteiger partial charge < -0.3 is 20.9 Å². The average Bonchev–Trinajstić information content (AvgIpc) is 2.24. The van der Waals surface area contributed by atoms with Crippen molar-refractivity contribution in [1.29, 1.82) is 0 Å². The number of ether oxygens (including phenoxy) is 1. The Hall–Kier alpha value is -0.850. The number of hydrogen-bond acceptors (Lipinski definition) is 4. The van der Waals surface area contributed by atoms with Crippen molar-refractivity contribution in [2.24, 2.45) is 5.73 Å². The van der Waals surface area contributed by atoms with Crippen LogP contribution in [-0.4, -0.2) is 61.5 Å². The van der Waals surface area contributed by atoms with Crippen molar-refractivity contribution in [2.75, 3.05) is 39.5 Å². The largest absolute Gasteiger partial charge is 0.394 e. The summed E-state index contributed by atoms with van der Waals surface area (Å²) in [5.74, 6) is 0. The highest BCUT2D eigenvalue weighted by molar-refractivity contribution is 5.71. The topological polar surface area (TPSA) is 87.8 Å². The van der Waals surface area contributed by atoms with Crippen LogP contribution in [0, 0.1) is 0 Å². The third kappa shape index (κ3) is 5.29. The molecule has 1 aliphatic rings. The van der Waals surface area contributed by atoms with Crippen molar-refractivity contribution in [2.45, 2.75) is 18.9 Å². The summed E-state index contributed by atoms with van der Waals surface area (Å²) < 4.78 is 5.20. The molecule has 0 bridgehead atoms. The molecule has 1 aliphatic heterocycles. The molecule has 0 aliphatic carbocycles. The molecule has 0 spiro atoms. The summed E-state index contributed by atoms with van der Waals surface area (Å²) in [4.78, 5) is 13.0. The van der Waals surface area contributed by atoms with Crippen molar-refractivity contribution in [3.8, 4) is 0 Å². The second kappa shape index (κ2) is 7.43. The average molecular weight is 231 g/mol. The molecule has 94 valence electrons. The Morgan fingerprint density at radius 1 is 1.56 bits per heavy atom. The Morgan fingerprint density at radius 3 is 3.06 bits per heavy atom. The highest BCUT2D eigenvalue weighted by atomic mass is 16.5. The summed E-state index contributed by atoms with van der Waals surface area (Å²) in [6, 6.07) is -0.299. The molecule has 1 saturated heterocycles. The zero-order valence-electron chi connectivity index (χ0n) is 9.52. The number of primary amides is 1. The van der Waals surface area contributed by atoms with E-state index in [0.29, 0.717) is 13.2 Å². The van der Waals surface area contributed by atoms with Crippen molar-refractivity contribution in [3.63, 3.8) is 0 Å². The van der Waals surface area contributed by atoms with E-state index in [-0.39, 0.29) is 12.6 Å². The standard InChI is InChI=1S/C10H21N3O3/c11-10(15)12-9-2-1-3-13(8-9)4-6-16-7-5-14/h9,14H,1-8H2,(H3,11,12,15). The number of nitrogens with two attached hydrogens (primary N) is 1. The van der Waals surface area contributed by atoms with E-state index < -0.39 is 6.03 Å². The normalized spacial score (nSPS) is 21.9. The zero-order chi connectivity index (χ0) is 11.8. The van der Waals surface area contributed by atoms with Gasteiger partial charge in [-0.05, 0) is 19.4 Å². The van der Waals surface area contributed by atoms with Crippen molar-refractivity contribution >= 4 is 6.03 Å². The van der Waals surface area contributed by atoms with Gasteiger partial charge >= 0.3 is 6.03 Å². The minimum absolute atomic E-state index is 0.0614. The van der Waals surface area contributed by atoms with E-state index in [9.17, 15) is 4.79 Å². The van der Waals surface area contributed by atoms with E-state index >= 15 is 0 Å². The maximum Gasteiger partial charge on any atom is 0.312 e. The number of likely N-dealkylation sites (tertiary alicyclic amines) is 1. The summed E-state index contributed by atoms with van der Waals surface area (Å²) in [6.07, 6.45) is 2.04. The Balaban J connectivity index is 2.14. The van der Waals surface area contributed by atoms with Gasteiger partial charge in [0.1, 0.15) is 0 Å². The summed E-state index contributed by atoms with van der Waals surface area (Å²) in [5.41, 5.74) is 5.09. The molecule has 0 aromatic carbocycles. The highest BCUT2D eigenvalue weighted by Gasteiger charge is 2.19. The molecule has 1 fully saturated rings. The summed E-state index contributed by atoms with van der Waals surface area (Å²) in [6.45, 7) is 3.74. The molecule has 1 atom stereocenters. The molecule has 1 heterocycles. The van der Waals surface area contributed by atoms with Crippen LogP contribution in [0.5, 0.6) is 0 Å². The number of aliphatic hydroxyl groups excluding tert-OH is 1. The van der Waals surface area contributed by atoms with Crippen molar-refractivity contribution < 1.29 is 14.6 Å². The number of nitrogens with zero attached hydrogens (tertiary/aromatic N) is 1. The second-order valence-corrected chi connectivity index (χ2v) is 3.98. The summed E-state index contributed by atoms with van der Waals surface area (Å²) in [5, 5.41) is 11.3. The van der Waals surface area contributed by atoms with Crippen LogP contribution in [0.1, 0.15) is 12.8 Å². The number of carbonyl (C=O) groups excluding carboxylic acids is 1. The summed E-state index contributed by atoms with van der Waals surface area (Å²) in [7, 11) is 0. The van der Waals surface area contributed by atoms with E-state index in [1.165, 1.54) is 0 Å². The first kappa shape index (κ1) is 13.2. The molecular weight excluding hydrogens is 210 g/mol. The number of amides is 2. The maximum absolute atomic E-state index is 10.7. The Morgan fingerprint density at radius 2 is 2.38 bits per heavy atom. The van der Waals surface area contributed by atoms with Crippen LogP contribution in [0.25, 0.3) is 0 Å². The Kier molecular flexibility index (Phi) is 6.14. The predicted octanol–water partition coefficient (Wildman–Crippen LogP) is -0.872. The third-order valence-electron chi connectivity index (χ3n) is 2.64. The smallest absolute Gasteiger partial charge is 0.312 e. The van der Waals surface area contributed by atoms with Crippen LogP contribution >= 0.6 is 0 Å². The lowest BCUT2D eigenvalue weighted by Crippen LogP contribution is -2.49. The van der Waals surface area contributed by atoms with Gasteiger partial charge in [0.25, 0.3) is 0 Å². The van der Waals surface area contributed by atoms with Gasteiger partial charge in [0.15, 0.2) is 0 Å². The predicted molar refractivity (Wildman–Crippen MR) is 60.1 cm³/mol. The second-order valence-electron chi connectivity index (χ2n) is 3.98. The molecule has 0 radical (unpaired) electrons. The van der Waals surface area contributed by atoms with Crippen LogP contribution < -0.4 is 11.1 Å². The van der Waals surface area contributed by atoms with E-state index in [1.54, 1.807) is 0 Å². The number of rotatable bonds is 6. The first-order valence-electron chi connectivity index (χ1n) is 5.69. The van der Waals surface area contributed by atoms with Gasteiger partial charge in [-0.2, -0.15) is 0 Å². The van der Waals surface area contributed by atoms with Crippen LogP contribution in [0.3, 0.4) is 0 Å². The van der Waals surface area contributed by atoms with Crippen molar-refractivity contribution in [3.05, 3.63) is 0 Å². The fraction of sp³-hybridized carbons (Fsp3) is 0.900. The quantitative estimate of drug-likeness (QED) is 0.518. The lowest BCUT2D eigenvalue weighted by Gasteiger charge is -2.32.